The summed E-state index contributed by atoms with van der Waals surface area (Å²) in [6.07, 6.45) is 14.3. The number of anilines is 6. The maximum Gasteiger partial charge on any atom is 0.373 e. The van der Waals surface area contributed by atoms with Crippen LogP contribution in [0, 0.1) is 10.5 Å². The van der Waals surface area contributed by atoms with E-state index in [2.05, 4.69) is 85.4 Å². The number of ether oxygens (including phenoxy) is 1. The molecular formula is C85H82BrCl8IN8O12. The first-order chi connectivity index (χ1) is 54.8. The van der Waals surface area contributed by atoms with Crippen molar-refractivity contribution < 1.29 is 58.1 Å². The van der Waals surface area contributed by atoms with Crippen molar-refractivity contribution >= 4 is 219 Å². The van der Waals surface area contributed by atoms with E-state index in [-0.39, 0.29) is 35.6 Å². The van der Waals surface area contributed by atoms with E-state index in [0.717, 1.165) is 90.0 Å². The lowest BCUT2D eigenvalue weighted by Gasteiger charge is -2.47. The van der Waals surface area contributed by atoms with E-state index in [1.807, 2.05) is 77.7 Å². The van der Waals surface area contributed by atoms with E-state index in [9.17, 15) is 33.6 Å². The maximum atomic E-state index is 13.1. The minimum Gasteiger partial charge on any atom is -0.480 e. The number of aryl methyl sites for hydroxylation is 1. The van der Waals surface area contributed by atoms with Gasteiger partial charge >= 0.3 is 36.1 Å². The van der Waals surface area contributed by atoms with Crippen LogP contribution in [0.3, 0.4) is 0 Å². The molecule has 604 valence electrons. The Labute approximate surface area is 729 Å². The summed E-state index contributed by atoms with van der Waals surface area (Å²) in [6, 6.07) is 64.7. The molecule has 5 saturated carbocycles. The van der Waals surface area contributed by atoms with Crippen LogP contribution in [0.15, 0.2) is 228 Å². The minimum atomic E-state index is -0.861. The lowest BCUT2D eigenvalue weighted by atomic mass is 9.75. The SMILES string of the molecule is CC1(N(C(=O)Nc2ccc(Cl)cc2)c2ccc(Cl)cc2)CCC1.COC(=O)C1(Nc2ccc(Cl)cc2)CCC1.Cc1cccc(Br)c1.Clc1ccc(I)cc1.NC1(C(=O)O)CCC1.O=C(O)C1(Nc2ccc(Cl)cc2)CCC1.O=C1N(c2ccc(Cl)cc2)C(=O)C2(CCC2)N1c1ccc(Cl)cc1.O=C=Nc1ccc(Cl)cc1.O=C=O. The van der Waals surface area contributed by atoms with E-state index >= 15 is 0 Å². The number of carbonyl (C=O) groups excluding carboxylic acids is 7. The molecule has 1 saturated heterocycles. The van der Waals surface area contributed by atoms with Crippen LogP contribution in [0.1, 0.15) is 109 Å². The number of nitrogens with two attached hydrogens (primary N) is 1. The summed E-state index contributed by atoms with van der Waals surface area (Å²) in [7, 11) is 1.42. The average Bonchev–Trinajstić information content (AvgIpc) is 1.55. The quantitative estimate of drug-likeness (QED) is 0.0206. The Balaban J connectivity index is 0.000000187. The molecule has 6 aliphatic rings. The zero-order chi connectivity index (χ0) is 84.1. The second-order valence-electron chi connectivity index (χ2n) is 27.4. The van der Waals surface area contributed by atoms with Gasteiger partial charge in [0.1, 0.15) is 22.2 Å². The summed E-state index contributed by atoms with van der Waals surface area (Å²) in [4.78, 5) is 106. The Morgan fingerprint density at radius 2 is 0.904 bits per heavy atom. The van der Waals surface area contributed by atoms with Crippen molar-refractivity contribution in [2.45, 2.75) is 138 Å². The van der Waals surface area contributed by atoms with Crippen LogP contribution in [0.4, 0.5) is 49.4 Å². The molecule has 6 fully saturated rings. The van der Waals surface area contributed by atoms with Gasteiger partial charge in [0.15, 0.2) is 0 Å². The van der Waals surface area contributed by atoms with Gasteiger partial charge < -0.3 is 36.6 Å². The van der Waals surface area contributed by atoms with Gasteiger partial charge in [0.05, 0.1) is 18.5 Å². The monoisotopic (exact) mass is 1890 g/mol. The predicted octanol–water partition coefficient (Wildman–Crippen LogP) is 23.8. The Kier molecular flexibility index (Phi) is 36.4. The molecule has 0 bridgehead atoms. The number of benzene rings is 9. The Hall–Kier alpha value is -8.55. The number of rotatable bonds is 13. The van der Waals surface area contributed by atoms with Gasteiger partial charge in [0.2, 0.25) is 6.08 Å². The van der Waals surface area contributed by atoms with Crippen LogP contribution >= 0.6 is 131 Å². The summed E-state index contributed by atoms with van der Waals surface area (Å²) in [5.74, 6) is -1.99. The fraction of sp³-hybridized carbons (Fsp3) is 0.271. The first-order valence-electron chi connectivity index (χ1n) is 36.0. The molecule has 9 aromatic carbocycles. The number of imide groups is 1. The highest BCUT2D eigenvalue weighted by molar-refractivity contribution is 14.1. The number of hydrogen-bond donors (Lipinski definition) is 6. The zero-order valence-corrected chi connectivity index (χ0v) is 72.3. The first-order valence-corrected chi connectivity index (χ1v) is 40.9. The number of nitrogens with one attached hydrogen (secondary N) is 3. The van der Waals surface area contributed by atoms with Crippen molar-refractivity contribution in [2.24, 2.45) is 10.7 Å². The van der Waals surface area contributed by atoms with E-state index in [0.29, 0.717) is 90.7 Å². The normalized spacial score (nSPS) is 15.6. The zero-order valence-electron chi connectivity index (χ0n) is 62.5. The number of hydrogen-bond acceptors (Lipinski definition) is 14. The molecule has 9 aromatic rings. The summed E-state index contributed by atoms with van der Waals surface area (Å²) < 4.78 is 7.19. The Morgan fingerprint density at radius 3 is 1.23 bits per heavy atom. The molecule has 20 nitrogen and oxygen atoms in total. The Bertz CT molecular complexity index is 4770. The molecule has 15 rings (SSSR count). The molecule has 115 heavy (non-hydrogen) atoms. The van der Waals surface area contributed by atoms with Gasteiger partial charge in [-0.1, -0.05) is 126 Å². The summed E-state index contributed by atoms with van der Waals surface area (Å²) in [5, 5.41) is 31.9. The molecule has 1 heterocycles. The lowest BCUT2D eigenvalue weighted by Crippen LogP contribution is -2.56. The Morgan fingerprint density at radius 1 is 0.522 bits per heavy atom. The minimum absolute atomic E-state index is 0.142. The van der Waals surface area contributed by atoms with Crippen LogP contribution in [-0.4, -0.2) is 93.1 Å². The van der Waals surface area contributed by atoms with Gasteiger partial charge in [-0.25, -0.2) is 28.9 Å². The van der Waals surface area contributed by atoms with Crippen molar-refractivity contribution in [1.29, 1.82) is 0 Å². The van der Waals surface area contributed by atoms with Crippen molar-refractivity contribution in [3.05, 3.63) is 272 Å². The highest BCUT2D eigenvalue weighted by atomic mass is 127. The fourth-order valence-corrected chi connectivity index (χ4v) is 14.2. The smallest absolute Gasteiger partial charge is 0.373 e. The number of carbonyl (C=O) groups is 6. The van der Waals surface area contributed by atoms with Crippen LogP contribution < -0.4 is 36.4 Å². The third-order valence-electron chi connectivity index (χ3n) is 19.4. The van der Waals surface area contributed by atoms with Crippen LogP contribution in [-0.2, 0) is 38.3 Å². The third kappa shape index (κ3) is 27.0. The third-order valence-corrected chi connectivity index (χ3v) is 22.7. The highest BCUT2D eigenvalue weighted by Crippen LogP contribution is 2.48. The second kappa shape index (κ2) is 44.7. The van der Waals surface area contributed by atoms with Gasteiger partial charge in [0.25, 0.3) is 5.91 Å². The number of halogens is 10. The van der Waals surface area contributed by atoms with E-state index in [1.165, 1.54) is 27.2 Å². The maximum absolute atomic E-state index is 13.1. The van der Waals surface area contributed by atoms with Crippen LogP contribution in [0.2, 0.25) is 40.2 Å². The number of methoxy groups -OCH3 is 1. The molecule has 0 radical (unpaired) electrons. The number of carboxylic acids is 2. The number of urea groups is 2. The largest absolute Gasteiger partial charge is 0.480 e. The number of amides is 5. The van der Waals surface area contributed by atoms with E-state index < -0.39 is 34.1 Å². The van der Waals surface area contributed by atoms with Crippen molar-refractivity contribution in [2.75, 3.05) is 37.8 Å². The summed E-state index contributed by atoms with van der Waals surface area (Å²) >= 11 is 52.1. The molecular weight excluding hydrogens is 1820 g/mol. The van der Waals surface area contributed by atoms with Gasteiger partial charge in [-0.3, -0.25) is 19.4 Å². The molecule has 1 aliphatic heterocycles. The van der Waals surface area contributed by atoms with Crippen LogP contribution in [0.25, 0.3) is 0 Å². The summed E-state index contributed by atoms with van der Waals surface area (Å²) in [6.45, 7) is 4.19. The van der Waals surface area contributed by atoms with Gasteiger partial charge in [-0.2, -0.15) is 14.6 Å². The highest BCUT2D eigenvalue weighted by Gasteiger charge is 2.61. The van der Waals surface area contributed by atoms with Gasteiger partial charge in [0, 0.05) is 82.2 Å². The topological polar surface area (TPSA) is 288 Å². The van der Waals surface area contributed by atoms with Crippen molar-refractivity contribution in [1.82, 2.24) is 0 Å². The molecule has 0 unspecified atom stereocenters. The number of aliphatic carboxylic acids is 2. The molecule has 5 aliphatic carbocycles. The lowest BCUT2D eigenvalue weighted by molar-refractivity contribution is -0.191. The standard InChI is InChI=1S/C18H14Cl2N2O2.C18H18Cl2N2O.C12H14ClNO2.C11H12ClNO2.C7H7Br.C7H4ClNO.C6H4ClI.C5H9NO2.CO2/c19-12-2-6-14(7-3-12)21-16(23)18(10-1-11-18)22(17(21)24)15-8-4-13(20)5-9-15;1-18(11-2-12-18)22(16-9-5-14(20)6-10-16)17(23)21-15-7-3-13(19)4-8-15;1-16-11(15)12(7-2-8-12)14-10-5-3-9(13)4-6-10;12-8-2-4-9(5-3-8)13-11(10(14)15)6-1-7-11;1-6-3-2-4-7(8)5-6;8-6-1-3-7(4-2-6)9-5-10;7-5-1-3-6(8)4-2-5;6-5(4(7)8)2-1-3-5;2-1-3/h2-9H,1,10-11H2;3-10H,2,11-12H2,1H3,(H,21,23);3-6,14H,2,7-8H2,1H3;2-5,13H,1,6-7H2,(H,14,15);2-5H,1H3;1-4H;1-4H;1-3,6H2,(H,7,8);. The molecule has 1 spiro atoms. The molecule has 30 heteroatoms. The number of nitrogens with zero attached hydrogens (tertiary/aromatic N) is 4. The van der Waals surface area contributed by atoms with Gasteiger partial charge in [-0.05, 0) is 339 Å². The predicted molar refractivity (Wildman–Crippen MR) is 470 cm³/mol. The number of esters is 1. The van der Waals surface area contributed by atoms with Crippen molar-refractivity contribution in [3.8, 4) is 0 Å². The molecule has 7 N–H and O–H groups in total. The fourth-order valence-electron chi connectivity index (χ4n) is 12.3. The molecule has 0 atom stereocenters. The van der Waals surface area contributed by atoms with Crippen molar-refractivity contribution in [3.63, 3.8) is 0 Å². The number of isocyanates is 1. The number of aliphatic imine (C=N–C) groups is 1. The summed E-state index contributed by atoms with van der Waals surface area (Å²) in [5.41, 5.74) is 8.63. The van der Waals surface area contributed by atoms with Crippen LogP contribution in [0.5, 0.6) is 0 Å². The number of carboxylic acid groups (broad SMARTS) is 2. The van der Waals surface area contributed by atoms with E-state index in [4.69, 9.17) is 123 Å². The average molecular weight is 1900 g/mol. The second-order valence-corrected chi connectivity index (χ2v) is 33.1. The molecule has 5 amide bonds. The molecule has 0 aromatic heterocycles. The van der Waals surface area contributed by atoms with E-state index in [1.54, 1.807) is 138 Å². The van der Waals surface area contributed by atoms with Gasteiger partial charge in [-0.15, -0.1) is 0 Å². The first kappa shape index (κ1) is 93.6.